The molecule has 1 aliphatic rings. The lowest BCUT2D eigenvalue weighted by molar-refractivity contribution is 0.316. The van der Waals surface area contributed by atoms with Crippen LogP contribution in [0.4, 0.5) is 20.4 Å². The molecule has 2 atom stereocenters. The van der Waals surface area contributed by atoms with E-state index in [2.05, 4.69) is 22.5 Å². The Bertz CT molecular complexity index is 451. The van der Waals surface area contributed by atoms with Gasteiger partial charge in [0, 0.05) is 18.7 Å². The molecular formula is C15H23F2N3. The van der Waals surface area contributed by atoms with Crippen LogP contribution < -0.4 is 10.6 Å². The molecule has 0 radical (unpaired) electrons. The molecule has 2 rings (SSSR count). The van der Waals surface area contributed by atoms with Crippen molar-refractivity contribution in [3.8, 4) is 0 Å². The minimum Gasteiger partial charge on any atom is -0.368 e. The molecule has 1 aromatic heterocycles. The van der Waals surface area contributed by atoms with E-state index >= 15 is 0 Å². The summed E-state index contributed by atoms with van der Waals surface area (Å²) < 4.78 is 27.4. The van der Waals surface area contributed by atoms with Crippen molar-refractivity contribution >= 4 is 11.6 Å². The summed E-state index contributed by atoms with van der Waals surface area (Å²) in [5.74, 6) is -0.458. The van der Waals surface area contributed by atoms with Gasteiger partial charge in [-0.05, 0) is 25.7 Å². The summed E-state index contributed by atoms with van der Waals surface area (Å²) in [6.45, 7) is 4.56. The van der Waals surface area contributed by atoms with Gasteiger partial charge < -0.3 is 10.6 Å². The third-order valence-corrected chi connectivity index (χ3v) is 4.03. The van der Waals surface area contributed by atoms with Gasteiger partial charge >= 0.3 is 0 Å². The zero-order valence-electron chi connectivity index (χ0n) is 12.2. The minimum atomic E-state index is -0.648. The van der Waals surface area contributed by atoms with Crippen LogP contribution in [0.2, 0.25) is 0 Å². The highest BCUT2D eigenvalue weighted by Gasteiger charge is 2.25. The van der Waals surface area contributed by atoms with Crippen molar-refractivity contribution in [2.75, 3.05) is 17.2 Å². The van der Waals surface area contributed by atoms with Crippen molar-refractivity contribution in [1.29, 1.82) is 0 Å². The fourth-order valence-corrected chi connectivity index (χ4v) is 2.92. The number of nitrogens with one attached hydrogen (secondary N) is 2. The Labute approximate surface area is 119 Å². The van der Waals surface area contributed by atoms with Crippen molar-refractivity contribution < 1.29 is 8.78 Å². The van der Waals surface area contributed by atoms with Crippen LogP contribution in [0.15, 0.2) is 6.07 Å². The zero-order valence-corrected chi connectivity index (χ0v) is 12.2. The van der Waals surface area contributed by atoms with Crippen LogP contribution in [0.3, 0.4) is 0 Å². The van der Waals surface area contributed by atoms with Crippen molar-refractivity contribution in [1.82, 2.24) is 4.98 Å². The quantitative estimate of drug-likeness (QED) is 0.851. The van der Waals surface area contributed by atoms with Crippen LogP contribution in [0.1, 0.15) is 46.0 Å². The van der Waals surface area contributed by atoms with Crippen molar-refractivity contribution in [3.63, 3.8) is 0 Å². The van der Waals surface area contributed by atoms with Crippen LogP contribution in [0.25, 0.3) is 0 Å². The lowest BCUT2D eigenvalue weighted by Gasteiger charge is -2.32. The molecule has 0 saturated heterocycles. The highest BCUT2D eigenvalue weighted by Crippen LogP contribution is 2.30. The molecule has 5 heteroatoms. The van der Waals surface area contributed by atoms with Crippen LogP contribution in [-0.2, 0) is 0 Å². The van der Waals surface area contributed by atoms with E-state index in [1.807, 2.05) is 6.92 Å². The molecule has 0 aliphatic heterocycles. The fourth-order valence-electron chi connectivity index (χ4n) is 2.92. The molecule has 20 heavy (non-hydrogen) atoms. The summed E-state index contributed by atoms with van der Waals surface area (Å²) in [6, 6.07) is 1.13. The molecular weight excluding hydrogens is 260 g/mol. The van der Waals surface area contributed by atoms with E-state index in [0.717, 1.165) is 31.7 Å². The maximum absolute atomic E-state index is 13.9. The molecule has 0 amide bonds. The number of anilines is 2. The zero-order chi connectivity index (χ0) is 14.5. The van der Waals surface area contributed by atoms with E-state index in [4.69, 9.17) is 0 Å². The third kappa shape index (κ3) is 3.38. The van der Waals surface area contributed by atoms with Gasteiger partial charge in [0.15, 0.2) is 23.3 Å². The first kappa shape index (κ1) is 15.0. The number of hydrogen-bond acceptors (Lipinski definition) is 3. The predicted molar refractivity (Wildman–Crippen MR) is 78.0 cm³/mol. The Morgan fingerprint density at radius 2 is 1.85 bits per heavy atom. The summed E-state index contributed by atoms with van der Waals surface area (Å²) in [6.07, 6.45) is 5.64. The smallest absolute Gasteiger partial charge is 0.168 e. The Balaban J connectivity index is 2.17. The molecule has 112 valence electrons. The molecule has 1 heterocycles. The van der Waals surface area contributed by atoms with Crippen LogP contribution in [-0.4, -0.2) is 17.6 Å². The maximum atomic E-state index is 13.9. The van der Waals surface area contributed by atoms with Gasteiger partial charge in [-0.1, -0.05) is 26.2 Å². The molecule has 1 aliphatic carbocycles. The van der Waals surface area contributed by atoms with E-state index in [0.29, 0.717) is 12.5 Å². The van der Waals surface area contributed by atoms with E-state index in [1.165, 1.54) is 6.42 Å². The fraction of sp³-hybridized carbons (Fsp3) is 0.667. The number of rotatable bonds is 5. The van der Waals surface area contributed by atoms with Gasteiger partial charge in [-0.25, -0.2) is 13.8 Å². The lowest BCUT2D eigenvalue weighted by Crippen LogP contribution is -2.32. The number of halogens is 2. The SMILES string of the molecule is CCNc1nc(NC2CCCCC2CC)c(F)cc1F. The van der Waals surface area contributed by atoms with Gasteiger partial charge in [-0.15, -0.1) is 0 Å². The second-order valence-electron chi connectivity index (χ2n) is 5.38. The van der Waals surface area contributed by atoms with Crippen LogP contribution in [0, 0.1) is 17.6 Å². The van der Waals surface area contributed by atoms with Gasteiger partial charge in [0.05, 0.1) is 0 Å². The summed E-state index contributed by atoms with van der Waals surface area (Å²) >= 11 is 0. The second-order valence-corrected chi connectivity index (χ2v) is 5.38. The van der Waals surface area contributed by atoms with E-state index in [9.17, 15) is 8.78 Å². The summed E-state index contributed by atoms with van der Waals surface area (Å²) in [4.78, 5) is 4.05. The standard InChI is InChI=1S/C15H23F2N3/c1-3-10-7-5-6-8-13(10)19-15-12(17)9-11(16)14(20-15)18-4-2/h9-10,13H,3-8H2,1-2H3,(H2,18,19,20). The first-order valence-corrected chi connectivity index (χ1v) is 7.52. The van der Waals surface area contributed by atoms with Gasteiger partial charge in [0.2, 0.25) is 0 Å². The molecule has 2 N–H and O–H groups in total. The topological polar surface area (TPSA) is 37.0 Å². The Kier molecular flexibility index (Phi) is 5.15. The molecule has 0 aromatic carbocycles. The molecule has 1 aromatic rings. The first-order chi connectivity index (χ1) is 9.65. The Morgan fingerprint density at radius 1 is 1.15 bits per heavy atom. The number of pyridine rings is 1. The minimum absolute atomic E-state index is 0.111. The maximum Gasteiger partial charge on any atom is 0.168 e. The van der Waals surface area contributed by atoms with Crippen molar-refractivity contribution in [2.45, 2.75) is 52.0 Å². The Morgan fingerprint density at radius 3 is 2.55 bits per heavy atom. The molecule has 3 nitrogen and oxygen atoms in total. The van der Waals surface area contributed by atoms with Crippen molar-refractivity contribution in [3.05, 3.63) is 17.7 Å². The third-order valence-electron chi connectivity index (χ3n) is 4.03. The number of hydrogen-bond donors (Lipinski definition) is 2. The second kappa shape index (κ2) is 6.86. The molecule has 0 bridgehead atoms. The first-order valence-electron chi connectivity index (χ1n) is 7.52. The number of nitrogens with zero attached hydrogens (tertiary/aromatic N) is 1. The average molecular weight is 283 g/mol. The molecule has 0 spiro atoms. The summed E-state index contributed by atoms with van der Waals surface area (Å²) in [5.41, 5.74) is 0. The van der Waals surface area contributed by atoms with Crippen molar-refractivity contribution in [2.24, 2.45) is 5.92 Å². The Hall–Kier alpha value is -1.39. The van der Waals surface area contributed by atoms with Crippen LogP contribution >= 0.6 is 0 Å². The van der Waals surface area contributed by atoms with Gasteiger partial charge in [0.1, 0.15) is 0 Å². The monoisotopic (exact) mass is 283 g/mol. The normalized spacial score (nSPS) is 22.6. The van der Waals surface area contributed by atoms with E-state index < -0.39 is 11.6 Å². The molecule has 1 saturated carbocycles. The molecule has 1 fully saturated rings. The summed E-state index contributed by atoms with van der Waals surface area (Å²) in [7, 11) is 0. The molecule has 2 unspecified atom stereocenters. The largest absolute Gasteiger partial charge is 0.368 e. The van der Waals surface area contributed by atoms with E-state index in [-0.39, 0.29) is 17.7 Å². The van der Waals surface area contributed by atoms with Crippen LogP contribution in [0.5, 0.6) is 0 Å². The number of aromatic nitrogens is 1. The van der Waals surface area contributed by atoms with Gasteiger partial charge in [-0.3, -0.25) is 0 Å². The van der Waals surface area contributed by atoms with E-state index in [1.54, 1.807) is 0 Å². The van der Waals surface area contributed by atoms with Gasteiger partial charge in [-0.2, -0.15) is 0 Å². The lowest BCUT2D eigenvalue weighted by atomic mass is 9.83. The average Bonchev–Trinajstić information content (AvgIpc) is 2.45. The predicted octanol–water partition coefficient (Wildman–Crippen LogP) is 4.17. The van der Waals surface area contributed by atoms with Gasteiger partial charge in [0.25, 0.3) is 0 Å². The summed E-state index contributed by atoms with van der Waals surface area (Å²) in [5, 5.41) is 6.00. The highest BCUT2D eigenvalue weighted by atomic mass is 19.1. The highest BCUT2D eigenvalue weighted by molar-refractivity contribution is 5.48.